The molecule has 0 aliphatic heterocycles. The van der Waals surface area contributed by atoms with Gasteiger partial charge in [-0.1, -0.05) is 0 Å². The Hall–Kier alpha value is 0.350. The molecule has 0 saturated carbocycles. The van der Waals surface area contributed by atoms with E-state index in [1.807, 2.05) is 6.07 Å². The van der Waals surface area contributed by atoms with Crippen molar-refractivity contribution < 1.29 is 14.7 Å². The van der Waals surface area contributed by atoms with Crippen LogP contribution in [0.1, 0.15) is 25.3 Å². The van der Waals surface area contributed by atoms with Gasteiger partial charge in [-0.3, -0.25) is 9.59 Å². The summed E-state index contributed by atoms with van der Waals surface area (Å²) < 4.78 is 2.66. The third-order valence-corrected chi connectivity index (χ3v) is 5.60. The van der Waals surface area contributed by atoms with Gasteiger partial charge in [-0.15, -0.1) is 0 Å². The number of amides is 1. The van der Waals surface area contributed by atoms with Crippen LogP contribution in [0.15, 0.2) is 6.07 Å². The summed E-state index contributed by atoms with van der Waals surface area (Å²) in [6.45, 7) is 3.15. The maximum atomic E-state index is 11.5. The summed E-state index contributed by atoms with van der Waals surface area (Å²) in [7, 11) is 1.70. The van der Waals surface area contributed by atoms with Crippen LogP contribution in [-0.4, -0.2) is 24.0 Å². The molecule has 1 rings (SSSR count). The minimum absolute atomic E-state index is 0.0778. The average Bonchev–Trinajstić information content (AvgIpc) is 2.27. The number of hydrogen-bond donors (Lipinski definition) is 1. The topological polar surface area (TPSA) is 57.6 Å². The lowest BCUT2D eigenvalue weighted by Crippen LogP contribution is -2.26. The smallest absolute Gasteiger partial charge is 0.310 e. The van der Waals surface area contributed by atoms with E-state index < -0.39 is 11.9 Å². The van der Waals surface area contributed by atoms with E-state index in [0.717, 1.165) is 22.0 Å². The van der Waals surface area contributed by atoms with E-state index in [9.17, 15) is 14.7 Å². The number of nitrogens with zero attached hydrogens (tertiary/aromatic N) is 1. The number of hydrogen-bond acceptors (Lipinski definition) is 2. The van der Waals surface area contributed by atoms with Crippen molar-refractivity contribution in [3.63, 3.8) is 0 Å². The number of carboxylic acids is 1. The molecule has 0 radical (unpaired) electrons. The molecular formula is C12H12I3NO3. The van der Waals surface area contributed by atoms with Crippen LogP contribution in [0.3, 0.4) is 0 Å². The van der Waals surface area contributed by atoms with Crippen LogP contribution < -0.4 is 4.90 Å². The molecule has 0 heterocycles. The van der Waals surface area contributed by atoms with Crippen LogP contribution in [-0.2, 0) is 9.59 Å². The van der Waals surface area contributed by atoms with Gasteiger partial charge in [0.15, 0.2) is 0 Å². The van der Waals surface area contributed by atoms with Gasteiger partial charge in [0.1, 0.15) is 0 Å². The zero-order valence-electron chi connectivity index (χ0n) is 10.5. The average molecular weight is 599 g/mol. The van der Waals surface area contributed by atoms with Crippen molar-refractivity contribution >= 4 is 85.3 Å². The van der Waals surface area contributed by atoms with E-state index in [2.05, 4.69) is 67.8 Å². The highest BCUT2D eigenvalue weighted by molar-refractivity contribution is 14.1. The number of halogens is 3. The number of carbonyl (C=O) groups excluding carboxylic acids is 1. The van der Waals surface area contributed by atoms with E-state index in [4.69, 9.17) is 0 Å². The van der Waals surface area contributed by atoms with Gasteiger partial charge >= 0.3 is 5.97 Å². The number of anilines is 1. The van der Waals surface area contributed by atoms with Crippen LogP contribution in [0.25, 0.3) is 0 Å². The third kappa shape index (κ3) is 3.71. The first-order chi connectivity index (χ1) is 8.68. The zero-order chi connectivity index (χ0) is 14.9. The van der Waals surface area contributed by atoms with Gasteiger partial charge in [-0.2, -0.15) is 0 Å². The Morgan fingerprint density at radius 2 is 1.79 bits per heavy atom. The highest BCUT2D eigenvalue weighted by Gasteiger charge is 2.25. The Kier molecular flexibility index (Phi) is 6.29. The van der Waals surface area contributed by atoms with Crippen LogP contribution in [0.5, 0.6) is 0 Å². The first-order valence-electron chi connectivity index (χ1n) is 5.33. The SMILES string of the molecule is CC(=O)N(C)c1c(I)cc(I)c(C(C)C(=O)O)c1I. The minimum Gasteiger partial charge on any atom is -0.481 e. The van der Waals surface area contributed by atoms with Gasteiger partial charge < -0.3 is 10.0 Å². The second-order valence-electron chi connectivity index (χ2n) is 4.05. The summed E-state index contributed by atoms with van der Waals surface area (Å²) in [5, 5.41) is 9.20. The minimum atomic E-state index is -0.867. The highest BCUT2D eigenvalue weighted by atomic mass is 127. The predicted octanol–water partition coefficient (Wildman–Crippen LogP) is 3.67. The molecule has 7 heteroatoms. The summed E-state index contributed by atoms with van der Waals surface area (Å²) in [6, 6.07) is 1.91. The van der Waals surface area contributed by atoms with Crippen molar-refractivity contribution in [3.05, 3.63) is 22.3 Å². The summed E-state index contributed by atoms with van der Waals surface area (Å²) in [6.07, 6.45) is 0. The molecule has 1 unspecified atom stereocenters. The third-order valence-electron chi connectivity index (χ3n) is 2.79. The number of benzene rings is 1. The van der Waals surface area contributed by atoms with Crippen LogP contribution in [0.4, 0.5) is 5.69 Å². The van der Waals surface area contributed by atoms with Crippen LogP contribution in [0.2, 0.25) is 0 Å². The summed E-state index contributed by atoms with van der Waals surface area (Å²) in [5.41, 5.74) is 1.54. The molecule has 0 aliphatic rings. The van der Waals surface area contributed by atoms with E-state index in [-0.39, 0.29) is 5.91 Å². The fourth-order valence-electron chi connectivity index (χ4n) is 1.58. The quantitative estimate of drug-likeness (QED) is 0.541. The number of aliphatic carboxylic acids is 1. The van der Waals surface area contributed by atoms with Gasteiger partial charge in [0.25, 0.3) is 0 Å². The monoisotopic (exact) mass is 599 g/mol. The first kappa shape index (κ1) is 17.4. The first-order valence-corrected chi connectivity index (χ1v) is 8.56. The van der Waals surface area contributed by atoms with Crippen LogP contribution in [0, 0.1) is 10.7 Å². The lowest BCUT2D eigenvalue weighted by atomic mass is 10.0. The van der Waals surface area contributed by atoms with Crippen molar-refractivity contribution in [1.82, 2.24) is 0 Å². The number of carboxylic acid groups (broad SMARTS) is 1. The zero-order valence-corrected chi connectivity index (χ0v) is 17.0. The molecule has 0 bridgehead atoms. The predicted molar refractivity (Wildman–Crippen MR) is 99.7 cm³/mol. The second-order valence-corrected chi connectivity index (χ2v) is 7.46. The van der Waals surface area contributed by atoms with Crippen LogP contribution >= 0.6 is 67.8 Å². The molecule has 0 fully saturated rings. The fraction of sp³-hybridized carbons (Fsp3) is 0.333. The van der Waals surface area contributed by atoms with Crippen molar-refractivity contribution in [2.75, 3.05) is 11.9 Å². The van der Waals surface area contributed by atoms with Crippen molar-refractivity contribution in [1.29, 1.82) is 0 Å². The lowest BCUT2D eigenvalue weighted by Gasteiger charge is -2.23. The summed E-state index contributed by atoms with van der Waals surface area (Å²) in [5.74, 6) is -1.55. The molecule has 1 aromatic rings. The number of carbonyl (C=O) groups is 2. The molecule has 4 nitrogen and oxygen atoms in total. The molecule has 1 aromatic carbocycles. The molecule has 104 valence electrons. The Labute approximate surface area is 152 Å². The van der Waals surface area contributed by atoms with Gasteiger partial charge in [0.2, 0.25) is 5.91 Å². The van der Waals surface area contributed by atoms with E-state index in [0.29, 0.717) is 0 Å². The van der Waals surface area contributed by atoms with Gasteiger partial charge in [-0.25, -0.2) is 0 Å². The lowest BCUT2D eigenvalue weighted by molar-refractivity contribution is -0.138. The molecular weight excluding hydrogens is 587 g/mol. The van der Waals surface area contributed by atoms with E-state index in [1.165, 1.54) is 6.92 Å². The molecule has 0 saturated heterocycles. The Bertz CT molecular complexity index is 501. The standard InChI is InChI=1S/C12H12I3NO3/c1-5(12(18)19)9-7(13)4-8(14)11(10(9)15)16(3)6(2)17/h4-5H,1-3H3,(H,18,19). The Morgan fingerprint density at radius 1 is 1.26 bits per heavy atom. The van der Waals surface area contributed by atoms with Gasteiger partial charge in [0, 0.05) is 24.7 Å². The van der Waals surface area contributed by atoms with E-state index >= 15 is 0 Å². The molecule has 1 N–H and O–H groups in total. The van der Waals surface area contributed by atoms with Crippen molar-refractivity contribution in [2.45, 2.75) is 19.8 Å². The summed E-state index contributed by atoms with van der Waals surface area (Å²) >= 11 is 6.43. The molecule has 0 aliphatic carbocycles. The Balaban J connectivity index is 3.55. The normalized spacial score (nSPS) is 12.1. The van der Waals surface area contributed by atoms with Gasteiger partial charge in [-0.05, 0) is 86.3 Å². The maximum Gasteiger partial charge on any atom is 0.310 e. The van der Waals surface area contributed by atoms with Crippen molar-refractivity contribution in [3.8, 4) is 0 Å². The molecule has 0 spiro atoms. The molecule has 1 atom stereocenters. The van der Waals surface area contributed by atoms with Gasteiger partial charge in [0.05, 0.1) is 11.6 Å². The van der Waals surface area contributed by atoms with E-state index in [1.54, 1.807) is 18.9 Å². The summed E-state index contributed by atoms with van der Waals surface area (Å²) in [4.78, 5) is 24.3. The second kappa shape index (κ2) is 6.87. The Morgan fingerprint density at radius 3 is 2.21 bits per heavy atom. The van der Waals surface area contributed by atoms with Crippen molar-refractivity contribution in [2.24, 2.45) is 0 Å². The molecule has 1 amide bonds. The highest BCUT2D eigenvalue weighted by Crippen LogP contribution is 2.37. The fourth-order valence-corrected chi connectivity index (χ4v) is 6.61. The maximum absolute atomic E-state index is 11.5. The number of rotatable bonds is 3. The molecule has 19 heavy (non-hydrogen) atoms. The largest absolute Gasteiger partial charge is 0.481 e. The molecule has 0 aromatic heterocycles.